The zero-order chi connectivity index (χ0) is 23.3. The molecule has 0 aliphatic carbocycles. The number of pyridine rings is 1. The van der Waals surface area contributed by atoms with Crippen LogP contribution in [0.25, 0.3) is 0 Å². The van der Waals surface area contributed by atoms with Crippen LogP contribution in [0.1, 0.15) is 40.9 Å². The first-order chi connectivity index (χ1) is 15.2. The Morgan fingerprint density at radius 3 is 2.06 bits per heavy atom. The average molecular weight is 456 g/mol. The molecule has 32 heavy (non-hydrogen) atoms. The molecule has 0 aliphatic heterocycles. The van der Waals surface area contributed by atoms with Crippen molar-refractivity contribution in [3.05, 3.63) is 94.7 Å². The van der Waals surface area contributed by atoms with Crippen molar-refractivity contribution in [3.63, 3.8) is 0 Å². The van der Waals surface area contributed by atoms with Crippen LogP contribution in [-0.2, 0) is 11.0 Å². The van der Waals surface area contributed by atoms with Crippen molar-refractivity contribution in [2.24, 2.45) is 0 Å². The molecule has 1 amide bonds. The summed E-state index contributed by atoms with van der Waals surface area (Å²) in [6.07, 6.45) is -4.69. The van der Waals surface area contributed by atoms with Crippen LogP contribution in [0.2, 0.25) is 0 Å². The number of amides is 1. The minimum atomic E-state index is -4.69. The fraction of sp³-hybridized carbons (Fsp3) is 0.208. The second-order valence-electron chi connectivity index (χ2n) is 7.12. The molecule has 164 valence electrons. The van der Waals surface area contributed by atoms with Gasteiger partial charge in [0.1, 0.15) is 11.1 Å². The Kier molecular flexibility index (Phi) is 7.21. The summed E-state index contributed by atoms with van der Waals surface area (Å²) in [5.74, 6) is -0.381. The van der Waals surface area contributed by atoms with E-state index in [0.29, 0.717) is 0 Å². The predicted octanol–water partition coefficient (Wildman–Crippen LogP) is 5.67. The van der Waals surface area contributed by atoms with E-state index in [1.165, 1.54) is 6.92 Å². The molecule has 0 aliphatic rings. The van der Waals surface area contributed by atoms with Crippen LogP contribution >= 0.6 is 11.8 Å². The lowest BCUT2D eigenvalue weighted by molar-refractivity contribution is -0.138. The highest BCUT2D eigenvalue weighted by molar-refractivity contribution is 8.00. The quantitative estimate of drug-likeness (QED) is 0.487. The lowest BCUT2D eigenvalue weighted by atomic mass is 9.98. The number of nitriles is 1. The van der Waals surface area contributed by atoms with E-state index in [4.69, 9.17) is 0 Å². The van der Waals surface area contributed by atoms with E-state index in [0.717, 1.165) is 29.0 Å². The highest BCUT2D eigenvalue weighted by atomic mass is 32.2. The first-order valence-corrected chi connectivity index (χ1v) is 10.6. The van der Waals surface area contributed by atoms with E-state index in [9.17, 15) is 23.2 Å². The molecule has 3 rings (SSSR count). The van der Waals surface area contributed by atoms with Gasteiger partial charge in [-0.1, -0.05) is 72.4 Å². The fourth-order valence-corrected chi connectivity index (χ4v) is 4.17. The van der Waals surface area contributed by atoms with Crippen LogP contribution in [0.5, 0.6) is 0 Å². The van der Waals surface area contributed by atoms with E-state index in [2.05, 4.69) is 10.3 Å². The van der Waals surface area contributed by atoms with E-state index >= 15 is 0 Å². The van der Waals surface area contributed by atoms with Gasteiger partial charge >= 0.3 is 6.18 Å². The molecule has 0 radical (unpaired) electrons. The Balaban J connectivity index is 1.87. The summed E-state index contributed by atoms with van der Waals surface area (Å²) >= 11 is 0.834. The summed E-state index contributed by atoms with van der Waals surface area (Å²) in [6, 6.07) is 20.8. The third-order valence-electron chi connectivity index (χ3n) is 4.74. The number of nitrogens with zero attached hydrogens (tertiary/aromatic N) is 2. The molecule has 0 saturated carbocycles. The predicted molar refractivity (Wildman–Crippen MR) is 117 cm³/mol. The van der Waals surface area contributed by atoms with Crippen LogP contribution in [-0.4, -0.2) is 16.1 Å². The van der Waals surface area contributed by atoms with Crippen molar-refractivity contribution in [2.75, 3.05) is 0 Å². The molecule has 0 spiro atoms. The van der Waals surface area contributed by atoms with Gasteiger partial charge in [0.05, 0.1) is 22.4 Å². The number of thioether (sulfide) groups is 1. The summed E-state index contributed by atoms with van der Waals surface area (Å²) in [6.45, 7) is 3.00. The van der Waals surface area contributed by atoms with Crippen LogP contribution in [0, 0.1) is 18.3 Å². The summed E-state index contributed by atoms with van der Waals surface area (Å²) in [5, 5.41) is 11.4. The van der Waals surface area contributed by atoms with Crippen molar-refractivity contribution >= 4 is 17.7 Å². The number of benzene rings is 2. The SMILES string of the molecule is Cc1cc(C(F)(F)F)c(C#N)c(SC(C)C(=O)NC(c2ccccc2)c2ccccc2)n1. The molecule has 1 unspecified atom stereocenters. The van der Waals surface area contributed by atoms with Crippen LogP contribution < -0.4 is 5.32 Å². The fourth-order valence-electron chi connectivity index (χ4n) is 3.19. The number of rotatable bonds is 6. The van der Waals surface area contributed by atoms with Gasteiger partial charge in [-0.3, -0.25) is 4.79 Å². The second-order valence-corrected chi connectivity index (χ2v) is 8.45. The molecule has 0 saturated heterocycles. The Morgan fingerprint density at radius 2 is 1.59 bits per heavy atom. The van der Waals surface area contributed by atoms with Gasteiger partial charge in [-0.05, 0) is 31.0 Å². The number of carbonyl (C=O) groups is 1. The monoisotopic (exact) mass is 455 g/mol. The maximum absolute atomic E-state index is 13.4. The van der Waals surface area contributed by atoms with Gasteiger partial charge in [0, 0.05) is 5.69 Å². The van der Waals surface area contributed by atoms with E-state index < -0.39 is 28.6 Å². The van der Waals surface area contributed by atoms with E-state index in [-0.39, 0.29) is 16.6 Å². The Morgan fingerprint density at radius 1 is 1.06 bits per heavy atom. The summed E-state index contributed by atoms with van der Waals surface area (Å²) in [5.41, 5.74) is 0.243. The standard InChI is InChI=1S/C24H20F3N3OS/c1-15-13-20(24(25,26)27)19(14-28)23(29-15)32-16(2)22(31)30-21(17-9-5-3-6-10-17)18-11-7-4-8-12-18/h3-13,16,21H,1-2H3,(H,30,31). The Hall–Kier alpha value is -3.31. The van der Waals surface area contributed by atoms with Gasteiger partial charge in [0.25, 0.3) is 0 Å². The highest BCUT2D eigenvalue weighted by Gasteiger charge is 2.36. The molecule has 1 N–H and O–H groups in total. The summed E-state index contributed by atoms with van der Waals surface area (Å²) < 4.78 is 40.1. The zero-order valence-electron chi connectivity index (χ0n) is 17.4. The van der Waals surface area contributed by atoms with Gasteiger partial charge < -0.3 is 5.32 Å². The van der Waals surface area contributed by atoms with Crippen molar-refractivity contribution in [1.82, 2.24) is 10.3 Å². The number of aromatic nitrogens is 1. The molecule has 1 aromatic heterocycles. The summed E-state index contributed by atoms with van der Waals surface area (Å²) in [4.78, 5) is 17.1. The van der Waals surface area contributed by atoms with Crippen LogP contribution in [0.4, 0.5) is 13.2 Å². The molecule has 8 heteroatoms. The van der Waals surface area contributed by atoms with Crippen LogP contribution in [0.3, 0.4) is 0 Å². The first kappa shape index (κ1) is 23.4. The Bertz CT molecular complexity index is 1090. The molecule has 0 bridgehead atoms. The number of hydrogen-bond acceptors (Lipinski definition) is 4. The minimum Gasteiger partial charge on any atom is -0.344 e. The van der Waals surface area contributed by atoms with Crippen molar-refractivity contribution in [1.29, 1.82) is 5.26 Å². The minimum absolute atomic E-state index is 0.113. The molecular weight excluding hydrogens is 435 g/mol. The highest BCUT2D eigenvalue weighted by Crippen LogP contribution is 2.37. The molecule has 0 fully saturated rings. The lowest BCUT2D eigenvalue weighted by Gasteiger charge is -2.22. The number of aryl methyl sites for hydroxylation is 1. The molecule has 1 atom stereocenters. The molecule has 2 aromatic carbocycles. The first-order valence-electron chi connectivity index (χ1n) is 9.76. The maximum atomic E-state index is 13.4. The van der Waals surface area contributed by atoms with Crippen molar-refractivity contribution < 1.29 is 18.0 Å². The van der Waals surface area contributed by atoms with Gasteiger partial charge in [-0.15, -0.1) is 0 Å². The summed E-state index contributed by atoms with van der Waals surface area (Å²) in [7, 11) is 0. The topological polar surface area (TPSA) is 65.8 Å². The number of carbonyl (C=O) groups excluding carboxylic acids is 1. The molecule has 1 heterocycles. The lowest BCUT2D eigenvalue weighted by Crippen LogP contribution is -2.35. The second kappa shape index (κ2) is 9.88. The van der Waals surface area contributed by atoms with E-state index in [1.54, 1.807) is 13.0 Å². The smallest absolute Gasteiger partial charge is 0.344 e. The molecule has 3 aromatic rings. The van der Waals surface area contributed by atoms with E-state index in [1.807, 2.05) is 60.7 Å². The number of nitrogens with one attached hydrogen (secondary N) is 1. The van der Waals surface area contributed by atoms with Gasteiger partial charge in [-0.25, -0.2) is 4.98 Å². The molecule has 4 nitrogen and oxygen atoms in total. The number of halogens is 3. The van der Waals surface area contributed by atoms with Crippen LogP contribution in [0.15, 0.2) is 71.8 Å². The third kappa shape index (κ3) is 5.48. The maximum Gasteiger partial charge on any atom is 0.417 e. The normalized spacial score (nSPS) is 12.3. The third-order valence-corrected chi connectivity index (χ3v) is 5.83. The largest absolute Gasteiger partial charge is 0.417 e. The average Bonchev–Trinajstić information content (AvgIpc) is 2.77. The zero-order valence-corrected chi connectivity index (χ0v) is 18.2. The van der Waals surface area contributed by atoms with Gasteiger partial charge in [0.2, 0.25) is 5.91 Å². The number of hydrogen-bond donors (Lipinski definition) is 1. The van der Waals surface area contributed by atoms with Crippen molar-refractivity contribution in [2.45, 2.75) is 36.3 Å². The van der Waals surface area contributed by atoms with Crippen molar-refractivity contribution in [3.8, 4) is 6.07 Å². The Labute approximate surface area is 188 Å². The molecular formula is C24H20F3N3OS. The number of alkyl halides is 3. The van der Waals surface area contributed by atoms with Gasteiger partial charge in [0.15, 0.2) is 0 Å². The van der Waals surface area contributed by atoms with Gasteiger partial charge in [-0.2, -0.15) is 18.4 Å².